The number of benzene rings is 1. The summed E-state index contributed by atoms with van der Waals surface area (Å²) in [7, 11) is 1.45. The molecular weight excluding hydrogens is 308 g/mol. The summed E-state index contributed by atoms with van der Waals surface area (Å²) in [6, 6.07) is 6.19. The summed E-state index contributed by atoms with van der Waals surface area (Å²) < 4.78 is 11.4. The SMILES string of the molecule is CCC(C(=O)OC)C1(c2cc(Br)ccc2C)COC1. The van der Waals surface area contributed by atoms with Crippen molar-refractivity contribution in [2.45, 2.75) is 25.7 Å². The van der Waals surface area contributed by atoms with Crippen LogP contribution in [0.2, 0.25) is 0 Å². The van der Waals surface area contributed by atoms with E-state index in [1.165, 1.54) is 18.2 Å². The molecule has 1 aliphatic heterocycles. The Morgan fingerprint density at radius 2 is 2.21 bits per heavy atom. The number of ether oxygens (including phenoxy) is 2. The molecular formula is C15H19BrO3. The fraction of sp³-hybridized carbons (Fsp3) is 0.533. The molecule has 1 atom stereocenters. The lowest BCUT2D eigenvalue weighted by molar-refractivity contribution is -0.160. The third kappa shape index (κ3) is 2.43. The molecule has 1 saturated heterocycles. The third-order valence-electron chi connectivity index (χ3n) is 4.02. The zero-order chi connectivity index (χ0) is 14.0. The van der Waals surface area contributed by atoms with Crippen LogP contribution in [-0.2, 0) is 19.7 Å². The number of aryl methyl sites for hydroxylation is 1. The van der Waals surface area contributed by atoms with E-state index in [-0.39, 0.29) is 17.3 Å². The molecule has 1 fully saturated rings. The first kappa shape index (κ1) is 14.5. The molecule has 104 valence electrons. The number of carbonyl (C=O) groups excluding carboxylic acids is 1. The normalized spacial score (nSPS) is 18.5. The van der Waals surface area contributed by atoms with Crippen molar-refractivity contribution in [1.29, 1.82) is 0 Å². The first-order valence-corrected chi connectivity index (χ1v) is 7.26. The van der Waals surface area contributed by atoms with Gasteiger partial charge in [0.15, 0.2) is 0 Å². The zero-order valence-electron chi connectivity index (χ0n) is 11.5. The summed E-state index contributed by atoms with van der Waals surface area (Å²) in [6.07, 6.45) is 0.752. The van der Waals surface area contributed by atoms with Gasteiger partial charge in [-0.15, -0.1) is 0 Å². The van der Waals surface area contributed by atoms with Crippen LogP contribution in [0.5, 0.6) is 0 Å². The molecule has 4 heteroatoms. The van der Waals surface area contributed by atoms with Crippen LogP contribution in [0.25, 0.3) is 0 Å². The number of hydrogen-bond acceptors (Lipinski definition) is 3. The quantitative estimate of drug-likeness (QED) is 0.797. The molecule has 1 unspecified atom stereocenters. The Kier molecular flexibility index (Phi) is 4.31. The Hall–Kier alpha value is -0.870. The maximum Gasteiger partial charge on any atom is 0.309 e. The van der Waals surface area contributed by atoms with Crippen LogP contribution in [0.15, 0.2) is 22.7 Å². The number of halogens is 1. The maximum absolute atomic E-state index is 12.1. The number of rotatable bonds is 4. The molecule has 19 heavy (non-hydrogen) atoms. The summed E-state index contributed by atoms with van der Waals surface area (Å²) in [5, 5.41) is 0. The second-order valence-corrected chi connectivity index (χ2v) is 6.01. The van der Waals surface area contributed by atoms with Gasteiger partial charge in [0.1, 0.15) is 0 Å². The Labute approximate surface area is 122 Å². The molecule has 0 saturated carbocycles. The van der Waals surface area contributed by atoms with Crippen molar-refractivity contribution < 1.29 is 14.3 Å². The number of esters is 1. The Morgan fingerprint density at radius 1 is 1.53 bits per heavy atom. The van der Waals surface area contributed by atoms with Gasteiger partial charge in [-0.3, -0.25) is 4.79 Å². The molecule has 0 aliphatic carbocycles. The highest BCUT2D eigenvalue weighted by Gasteiger charge is 2.50. The fourth-order valence-corrected chi connectivity index (χ4v) is 3.28. The average Bonchev–Trinajstić information content (AvgIpc) is 2.36. The fourth-order valence-electron chi connectivity index (χ4n) is 2.92. The Balaban J connectivity index is 2.47. The standard InChI is InChI=1S/C15H19BrO3/c1-4-12(14(17)18-3)15(8-19-9-15)13-7-11(16)6-5-10(13)2/h5-7,12H,4,8-9H2,1-3H3. The lowest BCUT2D eigenvalue weighted by atomic mass is 9.66. The zero-order valence-corrected chi connectivity index (χ0v) is 13.1. The maximum atomic E-state index is 12.1. The van der Waals surface area contributed by atoms with Crippen molar-refractivity contribution in [2.24, 2.45) is 5.92 Å². The van der Waals surface area contributed by atoms with Gasteiger partial charge in [-0.1, -0.05) is 28.9 Å². The van der Waals surface area contributed by atoms with Crippen molar-refractivity contribution >= 4 is 21.9 Å². The lowest BCUT2D eigenvalue weighted by Gasteiger charge is -2.47. The van der Waals surface area contributed by atoms with Crippen molar-refractivity contribution in [3.05, 3.63) is 33.8 Å². The molecule has 0 amide bonds. The highest BCUT2D eigenvalue weighted by Crippen LogP contribution is 2.43. The van der Waals surface area contributed by atoms with Gasteiger partial charge in [0.05, 0.1) is 31.7 Å². The minimum Gasteiger partial charge on any atom is -0.469 e. The molecule has 1 aromatic carbocycles. The van der Waals surface area contributed by atoms with Crippen molar-refractivity contribution in [2.75, 3.05) is 20.3 Å². The molecule has 1 aromatic rings. The smallest absolute Gasteiger partial charge is 0.309 e. The molecule has 1 heterocycles. The second-order valence-electron chi connectivity index (χ2n) is 5.09. The minimum absolute atomic E-state index is 0.148. The molecule has 0 radical (unpaired) electrons. The van der Waals surface area contributed by atoms with Crippen LogP contribution >= 0.6 is 15.9 Å². The lowest BCUT2D eigenvalue weighted by Crippen LogP contribution is -2.55. The van der Waals surface area contributed by atoms with Gasteiger partial charge in [-0.2, -0.15) is 0 Å². The van der Waals surface area contributed by atoms with Crippen molar-refractivity contribution in [3.8, 4) is 0 Å². The monoisotopic (exact) mass is 326 g/mol. The highest BCUT2D eigenvalue weighted by atomic mass is 79.9. The molecule has 0 N–H and O–H groups in total. The van der Waals surface area contributed by atoms with E-state index in [0.29, 0.717) is 13.2 Å². The number of methoxy groups -OCH3 is 1. The molecule has 0 bridgehead atoms. The van der Waals surface area contributed by atoms with Crippen LogP contribution in [0.1, 0.15) is 24.5 Å². The predicted molar refractivity (Wildman–Crippen MR) is 77.2 cm³/mol. The molecule has 0 aromatic heterocycles. The first-order valence-electron chi connectivity index (χ1n) is 6.47. The van der Waals surface area contributed by atoms with E-state index < -0.39 is 0 Å². The van der Waals surface area contributed by atoms with Crippen LogP contribution in [0.4, 0.5) is 0 Å². The van der Waals surface area contributed by atoms with E-state index in [1.54, 1.807) is 0 Å². The van der Waals surface area contributed by atoms with Gasteiger partial charge in [0, 0.05) is 4.47 Å². The van der Waals surface area contributed by atoms with Gasteiger partial charge < -0.3 is 9.47 Å². The highest BCUT2D eigenvalue weighted by molar-refractivity contribution is 9.10. The van der Waals surface area contributed by atoms with Crippen LogP contribution < -0.4 is 0 Å². The van der Waals surface area contributed by atoms with Crippen molar-refractivity contribution in [1.82, 2.24) is 0 Å². The first-order chi connectivity index (χ1) is 9.05. The van der Waals surface area contributed by atoms with Crippen LogP contribution in [-0.4, -0.2) is 26.3 Å². The van der Waals surface area contributed by atoms with Gasteiger partial charge in [0.25, 0.3) is 0 Å². The summed E-state index contributed by atoms with van der Waals surface area (Å²) in [5.74, 6) is -0.301. The molecule has 2 rings (SSSR count). The van der Waals surface area contributed by atoms with Crippen molar-refractivity contribution in [3.63, 3.8) is 0 Å². The van der Waals surface area contributed by atoms with Gasteiger partial charge >= 0.3 is 5.97 Å². The predicted octanol–water partition coefficient (Wildman–Crippen LogP) is 3.22. The van der Waals surface area contributed by atoms with Gasteiger partial charge in [-0.25, -0.2) is 0 Å². The second kappa shape index (κ2) is 5.63. The van der Waals surface area contributed by atoms with E-state index in [0.717, 1.165) is 10.9 Å². The molecule has 3 nitrogen and oxygen atoms in total. The van der Waals surface area contributed by atoms with E-state index in [1.807, 2.05) is 13.0 Å². The minimum atomic E-state index is -0.240. The van der Waals surface area contributed by atoms with E-state index in [2.05, 4.69) is 35.0 Å². The Morgan fingerprint density at radius 3 is 2.68 bits per heavy atom. The summed E-state index contributed by atoms with van der Waals surface area (Å²) in [6.45, 7) is 5.26. The largest absolute Gasteiger partial charge is 0.469 e. The summed E-state index contributed by atoms with van der Waals surface area (Å²) in [5.41, 5.74) is 2.13. The average molecular weight is 327 g/mol. The third-order valence-corrected chi connectivity index (χ3v) is 4.51. The number of hydrogen-bond donors (Lipinski definition) is 0. The summed E-state index contributed by atoms with van der Waals surface area (Å²) >= 11 is 3.51. The van der Waals surface area contributed by atoms with Gasteiger partial charge in [-0.05, 0) is 36.6 Å². The molecule has 1 aliphatic rings. The number of carbonyl (C=O) groups is 1. The van der Waals surface area contributed by atoms with Crippen LogP contribution in [0, 0.1) is 12.8 Å². The molecule has 0 spiro atoms. The summed E-state index contributed by atoms with van der Waals surface area (Å²) in [4.78, 5) is 12.1. The van der Waals surface area contributed by atoms with Crippen LogP contribution in [0.3, 0.4) is 0 Å². The van der Waals surface area contributed by atoms with Gasteiger partial charge in [0.2, 0.25) is 0 Å². The van der Waals surface area contributed by atoms with E-state index in [4.69, 9.17) is 9.47 Å². The topological polar surface area (TPSA) is 35.5 Å². The van der Waals surface area contributed by atoms with E-state index in [9.17, 15) is 4.79 Å². The Bertz CT molecular complexity index is 480. The van der Waals surface area contributed by atoms with E-state index >= 15 is 0 Å².